The molecule has 0 spiro atoms. The molecule has 0 radical (unpaired) electrons. The lowest BCUT2D eigenvalue weighted by Crippen LogP contribution is -2.25. The molecule has 6 aromatic rings. The molecule has 1 aliphatic heterocycles. The van der Waals surface area contributed by atoms with E-state index in [9.17, 15) is 22.0 Å². The molecule has 4 aromatic carbocycles. The largest absolute Gasteiger partial charge is 0.493 e. The number of carbonyl (C=O) groups excluding carboxylic acids is 1. The highest BCUT2D eigenvalue weighted by Gasteiger charge is 2.28. The molecule has 47 heavy (non-hydrogen) atoms. The number of nitrogens with one attached hydrogen (secondary N) is 1. The van der Waals surface area contributed by atoms with Gasteiger partial charge in [0.1, 0.15) is 28.8 Å². The fourth-order valence-electron chi connectivity index (χ4n) is 5.76. The van der Waals surface area contributed by atoms with Gasteiger partial charge < -0.3 is 18.9 Å². The van der Waals surface area contributed by atoms with Gasteiger partial charge in [0.25, 0.3) is 5.91 Å². The summed E-state index contributed by atoms with van der Waals surface area (Å²) in [5.41, 5.74) is 3.76. The molecule has 0 saturated carbocycles. The molecule has 1 aliphatic rings. The van der Waals surface area contributed by atoms with Gasteiger partial charge in [-0.15, -0.1) is 0 Å². The van der Waals surface area contributed by atoms with Crippen molar-refractivity contribution in [3.63, 3.8) is 0 Å². The summed E-state index contributed by atoms with van der Waals surface area (Å²) < 4.78 is 73.4. The van der Waals surface area contributed by atoms with Crippen LogP contribution in [0.5, 0.6) is 0 Å². The van der Waals surface area contributed by atoms with Gasteiger partial charge >= 0.3 is 0 Å². The van der Waals surface area contributed by atoms with Crippen LogP contribution in [0.4, 0.5) is 14.5 Å². The number of anilines is 1. The lowest BCUT2D eigenvalue weighted by Gasteiger charge is -2.22. The van der Waals surface area contributed by atoms with E-state index in [4.69, 9.17) is 13.6 Å². The van der Waals surface area contributed by atoms with Gasteiger partial charge in [0, 0.05) is 54.2 Å². The summed E-state index contributed by atoms with van der Waals surface area (Å²) in [6.45, 7) is 0. The Hall–Kier alpha value is -5.49. The summed E-state index contributed by atoms with van der Waals surface area (Å²) in [4.78, 5) is 17.8. The zero-order valence-corrected chi connectivity index (χ0v) is 26.2. The molecule has 0 fully saturated rings. The van der Waals surface area contributed by atoms with E-state index in [1.807, 2.05) is 18.2 Å². The molecule has 0 saturated heterocycles. The Morgan fingerprint density at radius 2 is 1.72 bits per heavy atom. The van der Waals surface area contributed by atoms with E-state index in [0.717, 1.165) is 16.1 Å². The number of amides is 1. The first-order valence-corrected chi connectivity index (χ1v) is 16.4. The highest BCUT2D eigenvalue weighted by Crippen LogP contribution is 2.44. The van der Waals surface area contributed by atoms with Gasteiger partial charge in [-0.3, -0.25) is 9.10 Å². The van der Waals surface area contributed by atoms with E-state index in [1.165, 1.54) is 50.5 Å². The first-order valence-electron chi connectivity index (χ1n) is 14.6. The second kappa shape index (κ2) is 11.4. The van der Waals surface area contributed by atoms with E-state index in [2.05, 4.69) is 10.3 Å². The summed E-state index contributed by atoms with van der Waals surface area (Å²) in [7, 11) is -0.872. The SMILES string of the molecule is CNC(=O)c1c(-c2ccc(F)cc2)oc2cc(N(C)S(C)(=O)=O)c(-c3ccc(C4CC=CO4)c(-c4nc5c(F)cccc5o4)c3)cc12. The number of aromatic nitrogens is 1. The van der Waals surface area contributed by atoms with Crippen LogP contribution in [-0.2, 0) is 14.8 Å². The highest BCUT2D eigenvalue weighted by molar-refractivity contribution is 7.92. The number of para-hydroxylation sites is 1. The minimum absolute atomic E-state index is 0.0742. The van der Waals surface area contributed by atoms with Crippen LogP contribution in [0, 0.1) is 11.6 Å². The first kappa shape index (κ1) is 30.2. The number of hydrogen-bond acceptors (Lipinski definition) is 7. The lowest BCUT2D eigenvalue weighted by atomic mass is 9.93. The van der Waals surface area contributed by atoms with Crippen molar-refractivity contribution in [2.24, 2.45) is 0 Å². The zero-order valence-electron chi connectivity index (χ0n) is 25.4. The van der Waals surface area contributed by atoms with Crippen LogP contribution in [-0.4, -0.2) is 39.7 Å². The van der Waals surface area contributed by atoms with Crippen molar-refractivity contribution in [1.82, 2.24) is 10.3 Å². The molecule has 2 aromatic heterocycles. The summed E-state index contributed by atoms with van der Waals surface area (Å²) in [5, 5.41) is 3.04. The molecule has 0 bridgehead atoms. The molecular weight excluding hydrogens is 628 g/mol. The molecule has 3 heterocycles. The van der Waals surface area contributed by atoms with E-state index >= 15 is 0 Å². The Balaban J connectivity index is 1.50. The van der Waals surface area contributed by atoms with E-state index < -0.39 is 27.6 Å². The predicted molar refractivity (Wildman–Crippen MR) is 174 cm³/mol. The van der Waals surface area contributed by atoms with Crippen molar-refractivity contribution < 1.29 is 35.6 Å². The Bertz CT molecular complexity index is 2340. The third-order valence-electron chi connectivity index (χ3n) is 8.20. The third-order valence-corrected chi connectivity index (χ3v) is 9.40. The van der Waals surface area contributed by atoms with Crippen molar-refractivity contribution in [3.8, 4) is 33.9 Å². The maximum atomic E-state index is 14.7. The summed E-state index contributed by atoms with van der Waals surface area (Å²) in [6.07, 6.45) is 4.81. The molecule has 238 valence electrons. The van der Waals surface area contributed by atoms with E-state index in [-0.39, 0.29) is 45.7 Å². The fraction of sp³-hybridized carbons (Fsp3) is 0.143. The van der Waals surface area contributed by atoms with Gasteiger partial charge in [0.2, 0.25) is 15.9 Å². The number of sulfonamides is 1. The quantitative estimate of drug-likeness (QED) is 0.189. The van der Waals surface area contributed by atoms with Gasteiger partial charge in [0.15, 0.2) is 11.4 Å². The number of carbonyl (C=O) groups is 1. The number of ether oxygens (including phenoxy) is 1. The van der Waals surface area contributed by atoms with Gasteiger partial charge in [-0.1, -0.05) is 18.2 Å². The maximum absolute atomic E-state index is 14.7. The van der Waals surface area contributed by atoms with E-state index in [0.29, 0.717) is 34.1 Å². The molecule has 0 aliphatic carbocycles. The smallest absolute Gasteiger partial charge is 0.255 e. The first-order chi connectivity index (χ1) is 22.5. The van der Waals surface area contributed by atoms with Crippen LogP contribution in [0.3, 0.4) is 0 Å². The molecule has 1 N–H and O–H groups in total. The lowest BCUT2D eigenvalue weighted by molar-refractivity contribution is 0.0964. The van der Waals surface area contributed by atoms with Crippen molar-refractivity contribution in [2.45, 2.75) is 12.5 Å². The predicted octanol–water partition coefficient (Wildman–Crippen LogP) is 7.58. The minimum atomic E-state index is -3.77. The highest BCUT2D eigenvalue weighted by atomic mass is 32.2. The molecular formula is C35H27F2N3O6S. The Kier molecular flexibility index (Phi) is 7.31. The number of nitrogens with zero attached hydrogens (tertiary/aromatic N) is 2. The van der Waals surface area contributed by atoms with Gasteiger partial charge in [0.05, 0.1) is 23.8 Å². The molecule has 1 atom stereocenters. The molecule has 9 nitrogen and oxygen atoms in total. The second-order valence-corrected chi connectivity index (χ2v) is 13.1. The van der Waals surface area contributed by atoms with Crippen LogP contribution < -0.4 is 9.62 Å². The molecule has 7 rings (SSSR count). The normalized spacial score (nSPS) is 14.5. The average Bonchev–Trinajstić information content (AvgIpc) is 3.82. The number of furan rings is 1. The van der Waals surface area contributed by atoms with Crippen LogP contribution in [0.15, 0.2) is 94.0 Å². The van der Waals surface area contributed by atoms with Crippen LogP contribution in [0.1, 0.15) is 28.4 Å². The number of oxazole rings is 1. The van der Waals surface area contributed by atoms with Crippen LogP contribution in [0.25, 0.3) is 56.0 Å². The maximum Gasteiger partial charge on any atom is 0.255 e. The van der Waals surface area contributed by atoms with E-state index in [1.54, 1.807) is 30.5 Å². The number of rotatable bonds is 7. The van der Waals surface area contributed by atoms with Crippen LogP contribution in [0.2, 0.25) is 0 Å². The fourth-order valence-corrected chi connectivity index (χ4v) is 6.27. The Labute approximate surface area is 268 Å². The minimum Gasteiger partial charge on any atom is -0.493 e. The number of halogens is 2. The zero-order chi connectivity index (χ0) is 33.0. The number of benzene rings is 4. The van der Waals surface area contributed by atoms with Crippen molar-refractivity contribution in [2.75, 3.05) is 24.7 Å². The summed E-state index contributed by atoms with van der Waals surface area (Å²) >= 11 is 0. The van der Waals surface area contributed by atoms with Crippen molar-refractivity contribution in [3.05, 3.63) is 108 Å². The molecule has 12 heteroatoms. The topological polar surface area (TPSA) is 115 Å². The Morgan fingerprint density at radius 1 is 0.957 bits per heavy atom. The second-order valence-electron chi connectivity index (χ2n) is 11.1. The molecule has 1 amide bonds. The standard InChI is InChI=1S/C35H27F2N3O6S/c1-38-34(41)31-25-17-23(27(40(2)47(3,42)43)18-30(25)45-33(31)19-9-12-21(36)13-10-19)20-11-14-22(28-8-5-15-44-28)24(16-20)35-39-32-26(37)6-4-7-29(32)46-35/h4-7,9-18,28H,8H2,1-3H3,(H,38,41). The monoisotopic (exact) mass is 655 g/mol. The van der Waals surface area contributed by atoms with Gasteiger partial charge in [-0.2, -0.15) is 0 Å². The number of fused-ring (bicyclic) bond motifs is 2. The van der Waals surface area contributed by atoms with Crippen LogP contribution >= 0.6 is 0 Å². The van der Waals surface area contributed by atoms with Gasteiger partial charge in [-0.25, -0.2) is 22.2 Å². The molecule has 1 unspecified atom stereocenters. The Morgan fingerprint density at radius 3 is 2.40 bits per heavy atom. The average molecular weight is 656 g/mol. The summed E-state index contributed by atoms with van der Waals surface area (Å²) in [5.74, 6) is -1.08. The van der Waals surface area contributed by atoms with Crippen molar-refractivity contribution >= 4 is 43.7 Å². The number of hydrogen-bond donors (Lipinski definition) is 1. The van der Waals surface area contributed by atoms with Crippen molar-refractivity contribution in [1.29, 1.82) is 0 Å². The summed E-state index contributed by atoms with van der Waals surface area (Å²) in [6, 6.07) is 18.6. The van der Waals surface area contributed by atoms with Gasteiger partial charge in [-0.05, 0) is 60.2 Å². The third kappa shape index (κ3) is 5.30.